The molecule has 0 bridgehead atoms. The lowest BCUT2D eigenvalue weighted by Crippen LogP contribution is -1.84. The molecule has 0 spiro atoms. The molecule has 0 N–H and O–H groups in total. The Morgan fingerprint density at radius 2 is 1.33 bits per heavy atom. The topological polar surface area (TPSA) is 9.23 Å². The Morgan fingerprint density at radius 3 is 1.83 bits per heavy atom. The van der Waals surface area contributed by atoms with Crippen LogP contribution >= 0.6 is 23.0 Å². The molecule has 0 amide bonds. The van der Waals surface area contributed by atoms with E-state index in [0.29, 0.717) is 0 Å². The third kappa shape index (κ3) is 10.7. The van der Waals surface area contributed by atoms with Crippen molar-refractivity contribution in [1.82, 2.24) is 0 Å². The summed E-state index contributed by atoms with van der Waals surface area (Å²) < 4.78 is 4.96. The van der Waals surface area contributed by atoms with Gasteiger partial charge >= 0.3 is 0 Å². The molecule has 1 nitrogen and oxygen atoms in total. The predicted molar refractivity (Wildman–Crippen MR) is 62.6 cm³/mol. The Balaban J connectivity index is 2.73. The van der Waals surface area contributed by atoms with Gasteiger partial charge in [0.05, 0.1) is 6.61 Å². The fourth-order valence-corrected chi connectivity index (χ4v) is 1.60. The van der Waals surface area contributed by atoms with Crippen LogP contribution in [0.15, 0.2) is 0 Å². The van der Waals surface area contributed by atoms with Crippen LogP contribution in [0.1, 0.15) is 58.3 Å². The van der Waals surface area contributed by atoms with Gasteiger partial charge in [-0.2, -0.15) is 0 Å². The van der Waals surface area contributed by atoms with Gasteiger partial charge in [-0.1, -0.05) is 51.9 Å². The zero-order chi connectivity index (χ0) is 9.07. The fourth-order valence-electron chi connectivity index (χ4n) is 1.29. The van der Waals surface area contributed by atoms with Crippen LogP contribution in [0.4, 0.5) is 0 Å². The zero-order valence-corrected chi connectivity index (χ0v) is 10.3. The minimum Gasteiger partial charge on any atom is -0.316 e. The summed E-state index contributed by atoms with van der Waals surface area (Å²) in [6.07, 6.45) is 11.0. The Bertz CT molecular complexity index is 66.2. The standard InChI is InChI=1S/C10H21IO/c1-2-3-4-5-6-7-8-9-10-12-11/h2-10H2,1H3. The number of halogens is 1. The predicted octanol–water partition coefficient (Wildman–Crippen LogP) is 4.49. The molecule has 12 heavy (non-hydrogen) atoms. The molecule has 0 aromatic heterocycles. The second-order valence-corrected chi connectivity index (χ2v) is 3.91. The molecule has 2 heteroatoms. The average Bonchev–Trinajstić information content (AvgIpc) is 2.10. The minimum atomic E-state index is 0.926. The molecule has 0 saturated carbocycles. The molecule has 74 valence electrons. The van der Waals surface area contributed by atoms with E-state index in [1.807, 2.05) is 23.0 Å². The second kappa shape index (κ2) is 11.7. The molecule has 0 unspecified atom stereocenters. The third-order valence-corrected chi connectivity index (χ3v) is 2.52. The molecule has 0 aromatic rings. The summed E-state index contributed by atoms with van der Waals surface area (Å²) in [5.74, 6) is 0. The number of rotatable bonds is 9. The summed E-state index contributed by atoms with van der Waals surface area (Å²) in [6, 6.07) is 0. The molecule has 0 aromatic carbocycles. The summed E-state index contributed by atoms with van der Waals surface area (Å²) in [5, 5.41) is 0. The maximum atomic E-state index is 4.96. The lowest BCUT2D eigenvalue weighted by molar-refractivity contribution is 0.399. The van der Waals surface area contributed by atoms with Gasteiger partial charge in [0.1, 0.15) is 23.0 Å². The van der Waals surface area contributed by atoms with E-state index in [4.69, 9.17) is 3.07 Å². The van der Waals surface area contributed by atoms with E-state index in [-0.39, 0.29) is 0 Å². The SMILES string of the molecule is CCCCCCCCCCOI. The van der Waals surface area contributed by atoms with E-state index < -0.39 is 0 Å². The number of hydrogen-bond acceptors (Lipinski definition) is 1. The highest BCUT2D eigenvalue weighted by molar-refractivity contribution is 14.1. The monoisotopic (exact) mass is 284 g/mol. The molecule has 0 aliphatic carbocycles. The van der Waals surface area contributed by atoms with Crippen LogP contribution in [0.5, 0.6) is 0 Å². The molecular weight excluding hydrogens is 263 g/mol. The lowest BCUT2D eigenvalue weighted by Gasteiger charge is -1.99. The molecule has 0 atom stereocenters. The maximum absolute atomic E-state index is 4.96. The first-order valence-corrected chi connectivity index (χ1v) is 6.03. The van der Waals surface area contributed by atoms with Crippen molar-refractivity contribution in [3.63, 3.8) is 0 Å². The summed E-state index contributed by atoms with van der Waals surface area (Å²) in [5.41, 5.74) is 0. The Kier molecular flexibility index (Phi) is 12.4. The van der Waals surface area contributed by atoms with Gasteiger partial charge in [-0.25, -0.2) is 0 Å². The first-order chi connectivity index (χ1) is 5.91. The molecule has 0 saturated heterocycles. The van der Waals surface area contributed by atoms with Crippen molar-refractivity contribution in [3.05, 3.63) is 0 Å². The molecule has 0 rings (SSSR count). The van der Waals surface area contributed by atoms with Crippen LogP contribution in [0.2, 0.25) is 0 Å². The van der Waals surface area contributed by atoms with Crippen molar-refractivity contribution in [3.8, 4) is 0 Å². The molecule has 0 fully saturated rings. The zero-order valence-electron chi connectivity index (χ0n) is 8.15. The molecule has 0 aliphatic rings. The molecule has 0 heterocycles. The van der Waals surface area contributed by atoms with E-state index in [1.165, 1.54) is 51.4 Å². The van der Waals surface area contributed by atoms with E-state index in [0.717, 1.165) is 6.61 Å². The van der Waals surface area contributed by atoms with Crippen molar-refractivity contribution in [1.29, 1.82) is 0 Å². The molecular formula is C10H21IO. The highest BCUT2D eigenvalue weighted by atomic mass is 127. The van der Waals surface area contributed by atoms with Gasteiger partial charge in [-0.05, 0) is 6.42 Å². The molecule has 0 aliphatic heterocycles. The van der Waals surface area contributed by atoms with Gasteiger partial charge in [0.15, 0.2) is 0 Å². The fraction of sp³-hybridized carbons (Fsp3) is 1.00. The van der Waals surface area contributed by atoms with Crippen LogP contribution in [0.3, 0.4) is 0 Å². The van der Waals surface area contributed by atoms with Crippen molar-refractivity contribution in [2.45, 2.75) is 58.3 Å². The van der Waals surface area contributed by atoms with Crippen molar-refractivity contribution in [2.24, 2.45) is 0 Å². The summed E-state index contributed by atoms with van der Waals surface area (Å²) in [7, 11) is 0. The summed E-state index contributed by atoms with van der Waals surface area (Å²) in [4.78, 5) is 0. The van der Waals surface area contributed by atoms with Crippen molar-refractivity contribution < 1.29 is 3.07 Å². The van der Waals surface area contributed by atoms with Crippen molar-refractivity contribution >= 4 is 23.0 Å². The normalized spacial score (nSPS) is 10.5. The van der Waals surface area contributed by atoms with Crippen LogP contribution in [0, 0.1) is 0 Å². The van der Waals surface area contributed by atoms with Gasteiger partial charge in [0, 0.05) is 0 Å². The lowest BCUT2D eigenvalue weighted by atomic mass is 10.1. The number of unbranched alkanes of at least 4 members (excludes halogenated alkanes) is 7. The maximum Gasteiger partial charge on any atom is 0.109 e. The smallest absolute Gasteiger partial charge is 0.109 e. The largest absolute Gasteiger partial charge is 0.316 e. The van der Waals surface area contributed by atoms with Crippen LogP contribution < -0.4 is 0 Å². The van der Waals surface area contributed by atoms with Gasteiger partial charge in [0.2, 0.25) is 0 Å². The summed E-state index contributed by atoms with van der Waals surface area (Å²) >= 11 is 1.97. The van der Waals surface area contributed by atoms with E-state index in [1.54, 1.807) is 0 Å². The van der Waals surface area contributed by atoms with Crippen LogP contribution in [0.25, 0.3) is 0 Å². The minimum absolute atomic E-state index is 0.926. The van der Waals surface area contributed by atoms with E-state index >= 15 is 0 Å². The Morgan fingerprint density at radius 1 is 0.833 bits per heavy atom. The van der Waals surface area contributed by atoms with Gasteiger partial charge in [-0.15, -0.1) is 0 Å². The van der Waals surface area contributed by atoms with Crippen LogP contribution in [-0.2, 0) is 3.07 Å². The first kappa shape index (κ1) is 12.7. The van der Waals surface area contributed by atoms with Gasteiger partial charge in [0.25, 0.3) is 0 Å². The highest BCUT2D eigenvalue weighted by Gasteiger charge is 1.90. The Hall–Kier alpha value is 0.690. The van der Waals surface area contributed by atoms with Gasteiger partial charge < -0.3 is 3.07 Å². The van der Waals surface area contributed by atoms with E-state index in [2.05, 4.69) is 6.92 Å². The number of hydrogen-bond donors (Lipinski definition) is 0. The Labute approximate surface area is 91.0 Å². The van der Waals surface area contributed by atoms with Crippen molar-refractivity contribution in [2.75, 3.05) is 6.61 Å². The summed E-state index contributed by atoms with van der Waals surface area (Å²) in [6.45, 7) is 3.19. The second-order valence-electron chi connectivity index (χ2n) is 3.29. The quantitative estimate of drug-likeness (QED) is 0.447. The first-order valence-electron chi connectivity index (χ1n) is 5.15. The van der Waals surface area contributed by atoms with Gasteiger partial charge in [-0.3, -0.25) is 0 Å². The average molecular weight is 284 g/mol. The third-order valence-electron chi connectivity index (χ3n) is 2.08. The van der Waals surface area contributed by atoms with Crippen LogP contribution in [-0.4, -0.2) is 6.61 Å². The highest BCUT2D eigenvalue weighted by Crippen LogP contribution is 2.08. The van der Waals surface area contributed by atoms with E-state index in [9.17, 15) is 0 Å². The molecule has 0 radical (unpaired) electrons.